The number of benzene rings is 3. The van der Waals surface area contributed by atoms with E-state index >= 15 is 0 Å². The molecule has 4 aromatic rings. The Balaban J connectivity index is 1.20. The number of rotatable bonds is 8. The first kappa shape index (κ1) is 21.1. The summed E-state index contributed by atoms with van der Waals surface area (Å²) in [5, 5.41) is 8.28. The van der Waals surface area contributed by atoms with Crippen LogP contribution < -0.4 is 14.8 Å². The molecule has 5 rings (SSSR count). The van der Waals surface area contributed by atoms with E-state index in [4.69, 9.17) is 19.6 Å². The molecule has 0 saturated heterocycles. The fraction of sp³-hybridized carbons (Fsp3) is 0.160. The monoisotopic (exact) mass is 458 g/mol. The molecule has 7 nitrogen and oxygen atoms in total. The van der Waals surface area contributed by atoms with Crippen molar-refractivity contribution in [3.8, 4) is 28.6 Å². The molecule has 2 heterocycles. The van der Waals surface area contributed by atoms with Gasteiger partial charge in [0.15, 0.2) is 17.3 Å². The van der Waals surface area contributed by atoms with Gasteiger partial charge in [0, 0.05) is 24.3 Å². The lowest BCUT2D eigenvalue weighted by Crippen LogP contribution is -2.22. The Kier molecular flexibility index (Phi) is 6.25. The van der Waals surface area contributed by atoms with Crippen LogP contribution in [-0.2, 0) is 11.3 Å². The zero-order chi connectivity index (χ0) is 22.5. The SMILES string of the molecule is O=C(CCSc1nc(-c2ccccc2)n(-c2ccccc2)n1)NCc1ccc2c(c1)OCO2. The lowest BCUT2D eigenvalue weighted by molar-refractivity contribution is -0.120. The third kappa shape index (κ3) is 5.01. The zero-order valence-corrected chi connectivity index (χ0v) is 18.6. The standard InChI is InChI=1S/C25H22N4O3S/c30-23(26-16-18-11-12-21-22(15-18)32-17-31-21)13-14-33-25-27-24(19-7-3-1-4-8-19)29(28-25)20-9-5-2-6-10-20/h1-12,15H,13-14,16-17H2,(H,26,30). The summed E-state index contributed by atoms with van der Waals surface area (Å²) >= 11 is 1.47. The first-order chi connectivity index (χ1) is 16.3. The fourth-order valence-corrected chi connectivity index (χ4v) is 4.21. The molecule has 0 aliphatic carbocycles. The van der Waals surface area contributed by atoms with Crippen molar-refractivity contribution in [2.24, 2.45) is 0 Å². The number of hydrogen-bond donors (Lipinski definition) is 1. The van der Waals surface area contributed by atoms with Gasteiger partial charge in [0.2, 0.25) is 17.9 Å². The van der Waals surface area contributed by atoms with E-state index in [-0.39, 0.29) is 12.7 Å². The first-order valence-electron chi connectivity index (χ1n) is 10.6. The second kappa shape index (κ2) is 9.79. The van der Waals surface area contributed by atoms with Crippen molar-refractivity contribution < 1.29 is 14.3 Å². The van der Waals surface area contributed by atoms with Crippen molar-refractivity contribution in [1.82, 2.24) is 20.1 Å². The number of fused-ring (bicyclic) bond motifs is 1. The molecule has 0 bridgehead atoms. The van der Waals surface area contributed by atoms with E-state index in [1.54, 1.807) is 0 Å². The van der Waals surface area contributed by atoms with Crippen molar-refractivity contribution in [3.05, 3.63) is 84.4 Å². The van der Waals surface area contributed by atoms with Gasteiger partial charge in [0.25, 0.3) is 0 Å². The number of hydrogen-bond acceptors (Lipinski definition) is 6. The van der Waals surface area contributed by atoms with Crippen LogP contribution in [0.2, 0.25) is 0 Å². The largest absolute Gasteiger partial charge is 0.454 e. The van der Waals surface area contributed by atoms with Crippen LogP contribution in [0.1, 0.15) is 12.0 Å². The molecule has 8 heteroatoms. The van der Waals surface area contributed by atoms with Gasteiger partial charge in [-0.3, -0.25) is 4.79 Å². The van der Waals surface area contributed by atoms with Gasteiger partial charge in [0.05, 0.1) is 5.69 Å². The summed E-state index contributed by atoms with van der Waals surface area (Å²) in [4.78, 5) is 17.1. The Hall–Kier alpha value is -3.78. The number of ether oxygens (including phenoxy) is 2. The van der Waals surface area contributed by atoms with E-state index in [0.717, 1.165) is 28.4 Å². The van der Waals surface area contributed by atoms with Gasteiger partial charge in [-0.15, -0.1) is 5.10 Å². The summed E-state index contributed by atoms with van der Waals surface area (Å²) in [6.07, 6.45) is 0.371. The predicted molar refractivity (Wildman–Crippen MR) is 127 cm³/mol. The van der Waals surface area contributed by atoms with Gasteiger partial charge >= 0.3 is 0 Å². The lowest BCUT2D eigenvalue weighted by atomic mass is 10.2. The number of carbonyl (C=O) groups is 1. The van der Waals surface area contributed by atoms with E-state index in [1.165, 1.54) is 11.8 Å². The maximum Gasteiger partial charge on any atom is 0.231 e. The van der Waals surface area contributed by atoms with E-state index < -0.39 is 0 Å². The number of aromatic nitrogens is 3. The predicted octanol–water partition coefficient (Wildman–Crippen LogP) is 4.46. The molecule has 0 radical (unpaired) electrons. The van der Waals surface area contributed by atoms with E-state index in [2.05, 4.69) is 5.32 Å². The Morgan fingerprint density at radius 1 is 0.970 bits per heavy atom. The van der Waals surface area contributed by atoms with Gasteiger partial charge in [-0.2, -0.15) is 0 Å². The first-order valence-corrected chi connectivity index (χ1v) is 11.6. The number of para-hydroxylation sites is 1. The Morgan fingerprint density at radius 2 is 1.73 bits per heavy atom. The zero-order valence-electron chi connectivity index (χ0n) is 17.8. The highest BCUT2D eigenvalue weighted by molar-refractivity contribution is 7.99. The molecule has 166 valence electrons. The minimum Gasteiger partial charge on any atom is -0.454 e. The Labute approximate surface area is 195 Å². The lowest BCUT2D eigenvalue weighted by Gasteiger charge is -2.06. The molecule has 3 aromatic carbocycles. The second-order valence-electron chi connectivity index (χ2n) is 7.39. The van der Waals surface area contributed by atoms with Crippen molar-refractivity contribution in [1.29, 1.82) is 0 Å². The maximum atomic E-state index is 12.3. The fourth-order valence-electron chi connectivity index (χ4n) is 3.45. The number of thioether (sulfide) groups is 1. The molecule has 1 N–H and O–H groups in total. The summed E-state index contributed by atoms with van der Waals surface area (Å²) in [7, 11) is 0. The van der Waals surface area contributed by atoms with Crippen LogP contribution in [0.3, 0.4) is 0 Å². The van der Waals surface area contributed by atoms with Crippen LogP contribution in [0.15, 0.2) is 84.0 Å². The maximum absolute atomic E-state index is 12.3. The summed E-state index contributed by atoms with van der Waals surface area (Å²) in [6, 6.07) is 25.6. The van der Waals surface area contributed by atoms with E-state index in [9.17, 15) is 4.79 Å². The van der Waals surface area contributed by atoms with E-state index in [1.807, 2.05) is 83.5 Å². The number of nitrogens with one attached hydrogen (secondary N) is 1. The van der Waals surface area contributed by atoms with Gasteiger partial charge in [-0.25, -0.2) is 9.67 Å². The molecule has 0 fully saturated rings. The van der Waals surface area contributed by atoms with Gasteiger partial charge in [-0.05, 0) is 29.8 Å². The second-order valence-corrected chi connectivity index (χ2v) is 8.46. The van der Waals surface area contributed by atoms with Crippen molar-refractivity contribution in [3.63, 3.8) is 0 Å². The Bertz CT molecular complexity index is 1190. The molecule has 0 spiro atoms. The highest BCUT2D eigenvalue weighted by Crippen LogP contribution is 2.32. The van der Waals surface area contributed by atoms with E-state index in [0.29, 0.717) is 29.6 Å². The molecule has 1 aliphatic heterocycles. The van der Waals surface area contributed by atoms with Gasteiger partial charge < -0.3 is 14.8 Å². The quantitative estimate of drug-likeness (QED) is 0.393. The summed E-state index contributed by atoms with van der Waals surface area (Å²) in [6.45, 7) is 0.682. The molecule has 1 aliphatic rings. The highest BCUT2D eigenvalue weighted by Gasteiger charge is 2.15. The molecule has 0 saturated carbocycles. The van der Waals surface area contributed by atoms with Crippen LogP contribution in [0.4, 0.5) is 0 Å². The molecule has 1 aromatic heterocycles. The van der Waals surface area contributed by atoms with Crippen molar-refractivity contribution in [2.75, 3.05) is 12.5 Å². The number of carbonyl (C=O) groups excluding carboxylic acids is 1. The summed E-state index contributed by atoms with van der Waals surface area (Å²) in [5.41, 5.74) is 2.90. The molecule has 1 amide bonds. The van der Waals surface area contributed by atoms with Gasteiger partial charge in [0.1, 0.15) is 0 Å². The van der Waals surface area contributed by atoms with Gasteiger partial charge in [-0.1, -0.05) is 66.4 Å². The summed E-state index contributed by atoms with van der Waals surface area (Å²) < 4.78 is 12.5. The summed E-state index contributed by atoms with van der Waals surface area (Å²) in [5.74, 6) is 2.79. The molecular formula is C25H22N4O3S. The highest BCUT2D eigenvalue weighted by atomic mass is 32.2. The van der Waals surface area contributed by atoms with Crippen LogP contribution in [-0.4, -0.2) is 33.2 Å². The third-order valence-corrected chi connectivity index (χ3v) is 5.95. The molecule has 33 heavy (non-hydrogen) atoms. The average Bonchev–Trinajstić information content (AvgIpc) is 3.51. The van der Waals surface area contributed by atoms with Crippen molar-refractivity contribution >= 4 is 17.7 Å². The minimum atomic E-state index is -0.0223. The number of nitrogens with zero attached hydrogens (tertiary/aromatic N) is 3. The van der Waals surface area contributed by atoms with Crippen LogP contribution in [0.5, 0.6) is 11.5 Å². The van der Waals surface area contributed by atoms with Crippen LogP contribution >= 0.6 is 11.8 Å². The molecular weight excluding hydrogens is 436 g/mol. The molecule has 0 unspecified atom stereocenters. The Morgan fingerprint density at radius 3 is 2.55 bits per heavy atom. The van der Waals surface area contributed by atoms with Crippen LogP contribution in [0.25, 0.3) is 17.1 Å². The smallest absolute Gasteiger partial charge is 0.231 e. The molecule has 0 atom stereocenters. The average molecular weight is 459 g/mol. The number of amides is 1. The topological polar surface area (TPSA) is 78.3 Å². The normalized spacial score (nSPS) is 12.0. The van der Waals surface area contributed by atoms with Crippen LogP contribution in [0, 0.1) is 0 Å². The third-order valence-electron chi connectivity index (χ3n) is 5.11. The minimum absolute atomic E-state index is 0.0223. The van der Waals surface area contributed by atoms with Crippen molar-refractivity contribution in [2.45, 2.75) is 18.1 Å².